The van der Waals surface area contributed by atoms with Gasteiger partial charge in [0.25, 0.3) is 0 Å². The van der Waals surface area contributed by atoms with Crippen LogP contribution in [0.15, 0.2) is 0 Å². The van der Waals surface area contributed by atoms with E-state index in [2.05, 4.69) is 13.8 Å². The number of rotatable bonds is 0. The van der Waals surface area contributed by atoms with Crippen LogP contribution in [0.1, 0.15) is 33.6 Å². The van der Waals surface area contributed by atoms with Crippen molar-refractivity contribution in [3.63, 3.8) is 0 Å². The van der Waals surface area contributed by atoms with E-state index < -0.39 is 0 Å². The van der Waals surface area contributed by atoms with Gasteiger partial charge in [-0.15, -0.1) is 0 Å². The molecule has 0 aliphatic carbocycles. The van der Waals surface area contributed by atoms with E-state index in [0.29, 0.717) is 5.91 Å². The van der Waals surface area contributed by atoms with E-state index in [1.165, 1.54) is 0 Å². The maximum atomic E-state index is 11.7. The molecule has 2 heteroatoms. The Kier molecular flexibility index (Phi) is 2.45. The Bertz CT molecular complexity index is 186. The first kappa shape index (κ1) is 9.56. The zero-order valence-electron chi connectivity index (χ0n) is 8.55. The molecule has 1 fully saturated rings. The van der Waals surface area contributed by atoms with E-state index in [-0.39, 0.29) is 11.3 Å². The standard InChI is InChI=1S/C10H19NO/c1-8-9(12)11(4)7-5-6-10(8,2)3/h8H,5-7H2,1-4H3. The summed E-state index contributed by atoms with van der Waals surface area (Å²) in [5.41, 5.74) is 0.182. The minimum Gasteiger partial charge on any atom is -0.346 e. The first-order valence-corrected chi connectivity index (χ1v) is 4.70. The topological polar surface area (TPSA) is 20.3 Å². The zero-order chi connectivity index (χ0) is 9.35. The normalized spacial score (nSPS) is 30.2. The summed E-state index contributed by atoms with van der Waals surface area (Å²) in [6.45, 7) is 7.35. The number of amides is 1. The lowest BCUT2D eigenvalue weighted by Crippen LogP contribution is -2.35. The summed E-state index contributed by atoms with van der Waals surface area (Å²) in [4.78, 5) is 13.5. The smallest absolute Gasteiger partial charge is 0.225 e. The van der Waals surface area contributed by atoms with Crippen LogP contribution in [0.3, 0.4) is 0 Å². The van der Waals surface area contributed by atoms with Gasteiger partial charge in [-0.3, -0.25) is 4.79 Å². The molecule has 1 unspecified atom stereocenters. The summed E-state index contributed by atoms with van der Waals surface area (Å²) in [6, 6.07) is 0. The minimum atomic E-state index is 0.171. The van der Waals surface area contributed by atoms with Gasteiger partial charge in [0.05, 0.1) is 0 Å². The second-order valence-corrected chi connectivity index (χ2v) is 4.57. The lowest BCUT2D eigenvalue weighted by Gasteiger charge is -2.29. The van der Waals surface area contributed by atoms with Gasteiger partial charge in [-0.25, -0.2) is 0 Å². The van der Waals surface area contributed by atoms with E-state index in [9.17, 15) is 4.79 Å². The second-order valence-electron chi connectivity index (χ2n) is 4.57. The zero-order valence-corrected chi connectivity index (χ0v) is 8.55. The maximum Gasteiger partial charge on any atom is 0.225 e. The predicted molar refractivity (Wildman–Crippen MR) is 49.8 cm³/mol. The van der Waals surface area contributed by atoms with Crippen LogP contribution in [0.5, 0.6) is 0 Å². The first-order valence-electron chi connectivity index (χ1n) is 4.70. The van der Waals surface area contributed by atoms with Crippen molar-refractivity contribution in [2.45, 2.75) is 33.6 Å². The molecule has 1 aliphatic rings. The van der Waals surface area contributed by atoms with Gasteiger partial charge in [0, 0.05) is 19.5 Å². The van der Waals surface area contributed by atoms with Crippen molar-refractivity contribution >= 4 is 5.91 Å². The molecular weight excluding hydrogens is 150 g/mol. The monoisotopic (exact) mass is 169 g/mol. The number of nitrogens with zero attached hydrogens (tertiary/aromatic N) is 1. The highest BCUT2D eigenvalue weighted by atomic mass is 16.2. The summed E-state index contributed by atoms with van der Waals surface area (Å²) in [7, 11) is 1.90. The number of hydrogen-bond donors (Lipinski definition) is 0. The molecule has 1 saturated heterocycles. The molecule has 1 aliphatic heterocycles. The number of carbonyl (C=O) groups is 1. The average molecular weight is 169 g/mol. The molecule has 0 aromatic heterocycles. The van der Waals surface area contributed by atoms with Gasteiger partial charge in [0.2, 0.25) is 5.91 Å². The summed E-state index contributed by atoms with van der Waals surface area (Å²) in [6.07, 6.45) is 2.30. The fraction of sp³-hybridized carbons (Fsp3) is 0.900. The lowest BCUT2D eigenvalue weighted by molar-refractivity contribution is -0.135. The van der Waals surface area contributed by atoms with Gasteiger partial charge in [0.15, 0.2) is 0 Å². The summed E-state index contributed by atoms with van der Waals surface area (Å²) in [5.74, 6) is 0.475. The van der Waals surface area contributed by atoms with Crippen molar-refractivity contribution in [1.82, 2.24) is 4.90 Å². The Morgan fingerprint density at radius 3 is 2.67 bits per heavy atom. The highest BCUT2D eigenvalue weighted by Crippen LogP contribution is 2.35. The van der Waals surface area contributed by atoms with Gasteiger partial charge in [-0.2, -0.15) is 0 Å². The third-order valence-corrected chi connectivity index (χ3v) is 3.23. The van der Waals surface area contributed by atoms with Gasteiger partial charge in [0.1, 0.15) is 0 Å². The van der Waals surface area contributed by atoms with Crippen molar-refractivity contribution in [2.24, 2.45) is 11.3 Å². The second kappa shape index (κ2) is 3.08. The predicted octanol–water partition coefficient (Wildman–Crippen LogP) is 1.90. The van der Waals surface area contributed by atoms with Crippen molar-refractivity contribution in [2.75, 3.05) is 13.6 Å². The van der Waals surface area contributed by atoms with Crippen LogP contribution in [0.4, 0.5) is 0 Å². The van der Waals surface area contributed by atoms with E-state index in [0.717, 1.165) is 19.4 Å². The number of carbonyl (C=O) groups excluding carboxylic acids is 1. The highest BCUT2D eigenvalue weighted by Gasteiger charge is 2.34. The molecule has 1 atom stereocenters. The highest BCUT2D eigenvalue weighted by molar-refractivity contribution is 5.79. The molecule has 0 aromatic rings. The van der Waals surface area contributed by atoms with E-state index in [1.807, 2.05) is 18.9 Å². The molecule has 0 aromatic carbocycles. The average Bonchev–Trinajstić information content (AvgIpc) is 2.06. The molecule has 70 valence electrons. The van der Waals surface area contributed by atoms with Gasteiger partial charge < -0.3 is 4.90 Å². The molecule has 1 amide bonds. The van der Waals surface area contributed by atoms with E-state index >= 15 is 0 Å². The Hall–Kier alpha value is -0.530. The fourth-order valence-electron chi connectivity index (χ4n) is 1.76. The van der Waals surface area contributed by atoms with Crippen molar-refractivity contribution < 1.29 is 4.79 Å². The van der Waals surface area contributed by atoms with Crippen LogP contribution in [-0.2, 0) is 4.79 Å². The van der Waals surface area contributed by atoms with E-state index in [4.69, 9.17) is 0 Å². The summed E-state index contributed by atoms with van der Waals surface area (Å²) < 4.78 is 0. The third-order valence-electron chi connectivity index (χ3n) is 3.23. The van der Waals surface area contributed by atoms with Gasteiger partial charge >= 0.3 is 0 Å². The van der Waals surface area contributed by atoms with Crippen molar-refractivity contribution in [3.8, 4) is 0 Å². The Morgan fingerprint density at radius 2 is 2.08 bits per heavy atom. The van der Waals surface area contributed by atoms with Crippen LogP contribution in [0.25, 0.3) is 0 Å². The van der Waals surface area contributed by atoms with Crippen molar-refractivity contribution in [1.29, 1.82) is 0 Å². The lowest BCUT2D eigenvalue weighted by atomic mass is 9.77. The molecule has 1 heterocycles. The third kappa shape index (κ3) is 1.62. The Morgan fingerprint density at radius 1 is 1.50 bits per heavy atom. The van der Waals surface area contributed by atoms with Gasteiger partial charge in [-0.05, 0) is 18.3 Å². The minimum absolute atomic E-state index is 0.171. The quantitative estimate of drug-likeness (QED) is 0.542. The molecule has 0 bridgehead atoms. The molecule has 0 N–H and O–H groups in total. The molecule has 0 spiro atoms. The van der Waals surface area contributed by atoms with Crippen LogP contribution in [-0.4, -0.2) is 24.4 Å². The molecule has 0 radical (unpaired) electrons. The Labute approximate surface area is 74.9 Å². The number of hydrogen-bond acceptors (Lipinski definition) is 1. The van der Waals surface area contributed by atoms with E-state index in [1.54, 1.807) is 0 Å². The van der Waals surface area contributed by atoms with Crippen LogP contribution in [0.2, 0.25) is 0 Å². The SMILES string of the molecule is CC1C(=O)N(C)CCCC1(C)C. The Balaban J connectivity index is 2.81. The molecular formula is C10H19NO. The maximum absolute atomic E-state index is 11.7. The molecule has 1 rings (SSSR count). The molecule has 12 heavy (non-hydrogen) atoms. The fourth-order valence-corrected chi connectivity index (χ4v) is 1.76. The largest absolute Gasteiger partial charge is 0.346 e. The first-order chi connectivity index (χ1) is 5.45. The summed E-state index contributed by atoms with van der Waals surface area (Å²) >= 11 is 0. The van der Waals surface area contributed by atoms with Crippen molar-refractivity contribution in [3.05, 3.63) is 0 Å². The van der Waals surface area contributed by atoms with Crippen LogP contribution >= 0.6 is 0 Å². The van der Waals surface area contributed by atoms with Gasteiger partial charge in [-0.1, -0.05) is 20.8 Å². The molecule has 2 nitrogen and oxygen atoms in total. The molecule has 0 saturated carbocycles. The van der Waals surface area contributed by atoms with Crippen LogP contribution in [0, 0.1) is 11.3 Å². The number of likely N-dealkylation sites (tertiary alicyclic amines) is 1. The summed E-state index contributed by atoms with van der Waals surface area (Å²) in [5, 5.41) is 0. The van der Waals surface area contributed by atoms with Crippen LogP contribution < -0.4 is 0 Å².